The van der Waals surface area contributed by atoms with E-state index in [1.807, 2.05) is 18.2 Å². The van der Waals surface area contributed by atoms with Crippen molar-refractivity contribution in [3.63, 3.8) is 0 Å². The van der Waals surface area contributed by atoms with Gasteiger partial charge < -0.3 is 14.5 Å². The van der Waals surface area contributed by atoms with Crippen LogP contribution in [0.4, 0.5) is 5.95 Å². The standard InChI is InChI=1S/C25H15ClN4O4/c26-15-5-6-18-14(11-15)12-19(34-18)22(31)20-21(13-7-9-27-10-8-13)30(24(33)23(20)32)25-28-16-3-1-2-4-17(16)29-25/h1-12,21,32H,(H,28,29). The van der Waals surface area contributed by atoms with E-state index in [9.17, 15) is 14.7 Å². The van der Waals surface area contributed by atoms with E-state index >= 15 is 0 Å². The number of amides is 1. The molecule has 2 aromatic carbocycles. The average molecular weight is 471 g/mol. The Morgan fingerprint density at radius 1 is 1.09 bits per heavy atom. The molecule has 1 aliphatic rings. The van der Waals surface area contributed by atoms with Crippen molar-refractivity contribution >= 4 is 51.2 Å². The molecule has 6 rings (SSSR count). The number of fused-ring (bicyclic) bond motifs is 2. The van der Waals surface area contributed by atoms with Crippen LogP contribution >= 0.6 is 11.6 Å². The minimum absolute atomic E-state index is 0.0165. The SMILES string of the molecule is O=C(C1=C(O)C(=O)N(c2nc3ccccc3[nH]2)C1c1ccncc1)c1cc2cc(Cl)ccc2o1. The monoisotopic (exact) mass is 470 g/mol. The number of nitrogens with zero attached hydrogens (tertiary/aromatic N) is 3. The van der Waals surface area contributed by atoms with Crippen LogP contribution in [0.2, 0.25) is 5.02 Å². The number of rotatable bonds is 4. The summed E-state index contributed by atoms with van der Waals surface area (Å²) in [6.07, 6.45) is 3.11. The van der Waals surface area contributed by atoms with Gasteiger partial charge in [-0.25, -0.2) is 4.98 Å². The highest BCUT2D eigenvalue weighted by atomic mass is 35.5. The first kappa shape index (κ1) is 20.2. The Hall–Kier alpha value is -4.43. The van der Waals surface area contributed by atoms with Crippen LogP contribution in [-0.4, -0.2) is 31.7 Å². The number of para-hydroxylation sites is 2. The second-order valence-corrected chi connectivity index (χ2v) is 8.26. The van der Waals surface area contributed by atoms with Crippen LogP contribution in [0.25, 0.3) is 22.0 Å². The molecule has 34 heavy (non-hydrogen) atoms. The number of furan rings is 1. The van der Waals surface area contributed by atoms with Gasteiger partial charge in [-0.15, -0.1) is 0 Å². The lowest BCUT2D eigenvalue weighted by Crippen LogP contribution is -2.32. The number of H-pyrrole nitrogens is 1. The summed E-state index contributed by atoms with van der Waals surface area (Å²) < 4.78 is 5.73. The van der Waals surface area contributed by atoms with E-state index in [0.29, 0.717) is 32.6 Å². The Morgan fingerprint density at radius 2 is 1.88 bits per heavy atom. The van der Waals surface area contributed by atoms with Gasteiger partial charge in [0.1, 0.15) is 5.58 Å². The lowest BCUT2D eigenvalue weighted by Gasteiger charge is -2.24. The third kappa shape index (κ3) is 3.07. The number of aromatic nitrogens is 3. The van der Waals surface area contributed by atoms with Gasteiger partial charge in [-0.2, -0.15) is 0 Å². The van der Waals surface area contributed by atoms with E-state index in [-0.39, 0.29) is 17.3 Å². The Bertz CT molecular complexity index is 1600. The lowest BCUT2D eigenvalue weighted by atomic mass is 9.96. The maximum Gasteiger partial charge on any atom is 0.296 e. The van der Waals surface area contributed by atoms with Crippen molar-refractivity contribution in [3.8, 4) is 0 Å². The van der Waals surface area contributed by atoms with Crippen LogP contribution in [0.1, 0.15) is 22.2 Å². The number of hydrogen-bond donors (Lipinski definition) is 2. The predicted molar refractivity (Wildman–Crippen MR) is 126 cm³/mol. The number of ketones is 1. The number of halogens is 1. The Balaban J connectivity index is 1.50. The van der Waals surface area contributed by atoms with Crippen LogP contribution in [0.3, 0.4) is 0 Å². The van der Waals surface area contributed by atoms with Crippen molar-refractivity contribution in [3.05, 3.63) is 101 Å². The van der Waals surface area contributed by atoms with Crippen molar-refractivity contribution in [2.75, 3.05) is 4.90 Å². The summed E-state index contributed by atoms with van der Waals surface area (Å²) in [5.74, 6) is -1.83. The van der Waals surface area contributed by atoms with Crippen molar-refractivity contribution < 1.29 is 19.1 Å². The zero-order chi connectivity index (χ0) is 23.4. The highest BCUT2D eigenvalue weighted by molar-refractivity contribution is 6.31. The van der Waals surface area contributed by atoms with Gasteiger partial charge in [-0.3, -0.25) is 19.5 Å². The van der Waals surface area contributed by atoms with Crippen LogP contribution in [-0.2, 0) is 4.79 Å². The molecule has 1 atom stereocenters. The molecule has 0 saturated heterocycles. The number of anilines is 1. The summed E-state index contributed by atoms with van der Waals surface area (Å²) in [6, 6.07) is 16.2. The van der Waals surface area contributed by atoms with Gasteiger partial charge in [-0.05, 0) is 54.1 Å². The molecule has 166 valence electrons. The normalized spacial score (nSPS) is 16.2. The molecule has 9 heteroatoms. The highest BCUT2D eigenvalue weighted by Gasteiger charge is 2.46. The van der Waals surface area contributed by atoms with Crippen molar-refractivity contribution in [2.24, 2.45) is 0 Å². The molecule has 0 saturated carbocycles. The number of aromatic amines is 1. The Labute approximate surface area is 197 Å². The van der Waals surface area contributed by atoms with Gasteiger partial charge in [0.25, 0.3) is 5.91 Å². The fraction of sp³-hybridized carbons (Fsp3) is 0.0400. The molecule has 1 unspecified atom stereocenters. The highest BCUT2D eigenvalue weighted by Crippen LogP contribution is 2.41. The van der Waals surface area contributed by atoms with E-state index in [1.54, 1.807) is 54.9 Å². The molecular formula is C25H15ClN4O4. The number of pyridine rings is 1. The van der Waals surface area contributed by atoms with E-state index < -0.39 is 23.5 Å². The molecule has 5 aromatic rings. The summed E-state index contributed by atoms with van der Waals surface area (Å²) in [4.78, 5) is 39.8. The zero-order valence-corrected chi connectivity index (χ0v) is 18.2. The van der Waals surface area contributed by atoms with Gasteiger partial charge in [0, 0.05) is 22.8 Å². The first-order valence-corrected chi connectivity index (χ1v) is 10.7. The van der Waals surface area contributed by atoms with Gasteiger partial charge in [-0.1, -0.05) is 23.7 Å². The van der Waals surface area contributed by atoms with E-state index in [1.165, 1.54) is 4.90 Å². The fourth-order valence-corrected chi connectivity index (χ4v) is 4.41. The number of hydrogen-bond acceptors (Lipinski definition) is 6. The van der Waals surface area contributed by atoms with Crippen molar-refractivity contribution in [1.82, 2.24) is 15.0 Å². The topological polar surface area (TPSA) is 112 Å². The second kappa shape index (κ2) is 7.57. The molecule has 0 bridgehead atoms. The fourth-order valence-electron chi connectivity index (χ4n) is 4.23. The van der Waals surface area contributed by atoms with Gasteiger partial charge >= 0.3 is 0 Å². The first-order chi connectivity index (χ1) is 16.5. The number of Topliss-reactive ketones (excluding diaryl/α,β-unsaturated/α-hetero) is 1. The van der Waals surface area contributed by atoms with Crippen LogP contribution < -0.4 is 4.90 Å². The Kier molecular flexibility index (Phi) is 4.50. The van der Waals surface area contributed by atoms with Crippen molar-refractivity contribution in [1.29, 1.82) is 0 Å². The van der Waals surface area contributed by atoms with Crippen molar-refractivity contribution in [2.45, 2.75) is 6.04 Å². The molecule has 0 spiro atoms. The smallest absolute Gasteiger partial charge is 0.296 e. The molecule has 0 aliphatic carbocycles. The van der Waals surface area contributed by atoms with E-state index in [2.05, 4.69) is 15.0 Å². The minimum atomic E-state index is -0.944. The minimum Gasteiger partial charge on any atom is -0.503 e. The molecule has 1 aliphatic heterocycles. The number of benzene rings is 2. The first-order valence-electron chi connectivity index (χ1n) is 10.4. The predicted octanol–water partition coefficient (Wildman–Crippen LogP) is 5.14. The summed E-state index contributed by atoms with van der Waals surface area (Å²) in [6.45, 7) is 0. The van der Waals surface area contributed by atoms with Gasteiger partial charge in [0.05, 0.1) is 22.6 Å². The van der Waals surface area contributed by atoms with Gasteiger partial charge in [0.2, 0.25) is 11.7 Å². The molecule has 2 N–H and O–H groups in total. The largest absolute Gasteiger partial charge is 0.503 e. The number of carbonyl (C=O) groups excluding carboxylic acids is 2. The molecule has 0 radical (unpaired) electrons. The molecule has 8 nitrogen and oxygen atoms in total. The summed E-state index contributed by atoms with van der Waals surface area (Å²) in [5, 5.41) is 12.0. The number of imidazole rings is 1. The molecule has 4 heterocycles. The number of nitrogens with one attached hydrogen (secondary N) is 1. The van der Waals surface area contributed by atoms with Crippen LogP contribution in [0.15, 0.2) is 88.8 Å². The zero-order valence-electron chi connectivity index (χ0n) is 17.4. The van der Waals surface area contributed by atoms with E-state index in [0.717, 1.165) is 0 Å². The average Bonchev–Trinajstić information content (AvgIpc) is 3.53. The van der Waals surface area contributed by atoms with Gasteiger partial charge in [0.15, 0.2) is 11.5 Å². The molecule has 1 amide bonds. The Morgan fingerprint density at radius 3 is 2.68 bits per heavy atom. The number of aliphatic hydroxyl groups is 1. The number of carbonyl (C=O) groups is 2. The summed E-state index contributed by atoms with van der Waals surface area (Å²) >= 11 is 6.06. The van der Waals surface area contributed by atoms with Crippen LogP contribution in [0.5, 0.6) is 0 Å². The lowest BCUT2D eigenvalue weighted by molar-refractivity contribution is -0.117. The molecule has 3 aromatic heterocycles. The number of aliphatic hydroxyl groups excluding tert-OH is 1. The summed E-state index contributed by atoms with van der Waals surface area (Å²) in [5.41, 5.74) is 2.29. The third-order valence-electron chi connectivity index (χ3n) is 5.78. The molecule has 0 fully saturated rings. The second-order valence-electron chi connectivity index (χ2n) is 7.82. The maximum absolute atomic E-state index is 13.6. The van der Waals surface area contributed by atoms with Crippen LogP contribution in [0, 0.1) is 0 Å². The summed E-state index contributed by atoms with van der Waals surface area (Å²) in [7, 11) is 0. The van der Waals surface area contributed by atoms with E-state index in [4.69, 9.17) is 16.0 Å². The molecular weight excluding hydrogens is 456 g/mol. The maximum atomic E-state index is 13.6. The quantitative estimate of drug-likeness (QED) is 0.352. The third-order valence-corrected chi connectivity index (χ3v) is 6.02.